The van der Waals surface area contributed by atoms with Crippen LogP contribution in [0.25, 0.3) is 11.5 Å². The molecule has 0 unspecified atom stereocenters. The molecule has 24 heavy (non-hydrogen) atoms. The molecule has 5 heteroatoms. The third kappa shape index (κ3) is 3.26. The SMILES string of the molecule is Cc1nc(-c2ccccn2)nc(NCC2(N(C)C)CCCC2)c1C. The van der Waals surface area contributed by atoms with E-state index in [1.807, 2.05) is 25.1 Å². The summed E-state index contributed by atoms with van der Waals surface area (Å²) in [6, 6.07) is 5.82. The van der Waals surface area contributed by atoms with Crippen LogP contribution < -0.4 is 5.32 Å². The third-order valence-electron chi connectivity index (χ3n) is 5.35. The smallest absolute Gasteiger partial charge is 0.180 e. The summed E-state index contributed by atoms with van der Waals surface area (Å²) in [6.45, 7) is 5.03. The lowest BCUT2D eigenvalue weighted by molar-refractivity contribution is 0.172. The van der Waals surface area contributed by atoms with E-state index in [0.29, 0.717) is 5.82 Å². The fraction of sp³-hybridized carbons (Fsp3) is 0.526. The Morgan fingerprint density at radius 1 is 1.12 bits per heavy atom. The number of nitrogens with zero attached hydrogens (tertiary/aromatic N) is 4. The molecule has 3 rings (SSSR count). The second-order valence-corrected chi connectivity index (χ2v) is 7.00. The zero-order chi connectivity index (χ0) is 17.2. The summed E-state index contributed by atoms with van der Waals surface area (Å²) in [6.07, 6.45) is 6.87. The number of anilines is 1. The van der Waals surface area contributed by atoms with Gasteiger partial charge < -0.3 is 10.2 Å². The molecule has 2 heterocycles. The van der Waals surface area contributed by atoms with Crippen LogP contribution in [-0.2, 0) is 0 Å². The monoisotopic (exact) mass is 325 g/mol. The molecule has 1 saturated carbocycles. The summed E-state index contributed by atoms with van der Waals surface area (Å²) in [5.41, 5.74) is 3.16. The van der Waals surface area contributed by atoms with Crippen molar-refractivity contribution in [2.45, 2.75) is 45.1 Å². The highest BCUT2D eigenvalue weighted by atomic mass is 15.2. The van der Waals surface area contributed by atoms with Gasteiger partial charge in [0.05, 0.1) is 0 Å². The van der Waals surface area contributed by atoms with Crippen LogP contribution in [-0.4, -0.2) is 46.0 Å². The Morgan fingerprint density at radius 3 is 2.50 bits per heavy atom. The number of rotatable bonds is 5. The topological polar surface area (TPSA) is 53.9 Å². The van der Waals surface area contributed by atoms with Gasteiger partial charge in [0.1, 0.15) is 11.5 Å². The van der Waals surface area contributed by atoms with Gasteiger partial charge in [0, 0.05) is 29.5 Å². The number of pyridine rings is 1. The molecular formula is C19H27N5. The first-order valence-electron chi connectivity index (χ1n) is 8.70. The van der Waals surface area contributed by atoms with Crippen LogP contribution in [0.2, 0.25) is 0 Å². The molecule has 0 aromatic carbocycles. The molecule has 0 atom stereocenters. The highest BCUT2D eigenvalue weighted by Gasteiger charge is 2.35. The molecule has 1 fully saturated rings. The maximum atomic E-state index is 4.75. The summed E-state index contributed by atoms with van der Waals surface area (Å²) in [5.74, 6) is 1.61. The van der Waals surface area contributed by atoms with E-state index in [2.05, 4.69) is 41.2 Å². The predicted octanol–water partition coefficient (Wildman–Crippen LogP) is 3.44. The van der Waals surface area contributed by atoms with Crippen LogP contribution in [0.15, 0.2) is 24.4 Å². The van der Waals surface area contributed by atoms with Gasteiger partial charge in [-0.2, -0.15) is 0 Å². The second kappa shape index (κ2) is 6.85. The van der Waals surface area contributed by atoms with Gasteiger partial charge in [-0.1, -0.05) is 18.9 Å². The molecule has 0 spiro atoms. The van der Waals surface area contributed by atoms with Crippen molar-refractivity contribution < 1.29 is 0 Å². The Hall–Kier alpha value is -2.01. The first-order valence-corrected chi connectivity index (χ1v) is 8.70. The van der Waals surface area contributed by atoms with Crippen molar-refractivity contribution in [2.24, 2.45) is 0 Å². The zero-order valence-electron chi connectivity index (χ0n) is 15.1. The number of aryl methyl sites for hydroxylation is 1. The van der Waals surface area contributed by atoms with Crippen molar-refractivity contribution in [3.05, 3.63) is 35.7 Å². The summed E-state index contributed by atoms with van der Waals surface area (Å²) < 4.78 is 0. The minimum Gasteiger partial charge on any atom is -0.368 e. The number of likely N-dealkylation sites (N-methyl/N-ethyl adjacent to an activating group) is 1. The molecule has 0 aliphatic heterocycles. The minimum absolute atomic E-state index is 0.233. The first kappa shape index (κ1) is 16.8. The number of nitrogens with one attached hydrogen (secondary N) is 1. The van der Waals surface area contributed by atoms with Crippen LogP contribution in [0.3, 0.4) is 0 Å². The van der Waals surface area contributed by atoms with Crippen LogP contribution >= 0.6 is 0 Å². The Kier molecular flexibility index (Phi) is 4.81. The molecule has 1 aliphatic rings. The van der Waals surface area contributed by atoms with E-state index in [-0.39, 0.29) is 5.54 Å². The van der Waals surface area contributed by atoms with E-state index in [4.69, 9.17) is 4.98 Å². The Labute approximate surface area is 144 Å². The van der Waals surface area contributed by atoms with Gasteiger partial charge in [-0.25, -0.2) is 9.97 Å². The van der Waals surface area contributed by atoms with Gasteiger partial charge in [0.25, 0.3) is 0 Å². The predicted molar refractivity (Wildman–Crippen MR) is 98.1 cm³/mol. The molecular weight excluding hydrogens is 298 g/mol. The third-order valence-corrected chi connectivity index (χ3v) is 5.35. The van der Waals surface area contributed by atoms with Gasteiger partial charge in [-0.15, -0.1) is 0 Å². The van der Waals surface area contributed by atoms with E-state index in [0.717, 1.165) is 29.3 Å². The summed E-state index contributed by atoms with van der Waals surface area (Å²) in [4.78, 5) is 16.1. The lowest BCUT2D eigenvalue weighted by atomic mass is 9.96. The molecule has 1 N–H and O–H groups in total. The van der Waals surface area contributed by atoms with Crippen LogP contribution in [0.4, 0.5) is 5.82 Å². The Morgan fingerprint density at radius 2 is 1.88 bits per heavy atom. The van der Waals surface area contributed by atoms with Crippen molar-refractivity contribution >= 4 is 5.82 Å². The molecule has 0 saturated heterocycles. The van der Waals surface area contributed by atoms with Crippen molar-refractivity contribution in [3.63, 3.8) is 0 Å². The van der Waals surface area contributed by atoms with Crippen molar-refractivity contribution in [1.29, 1.82) is 0 Å². The Balaban J connectivity index is 1.86. The van der Waals surface area contributed by atoms with Crippen molar-refractivity contribution in [1.82, 2.24) is 19.9 Å². The van der Waals surface area contributed by atoms with Crippen molar-refractivity contribution in [3.8, 4) is 11.5 Å². The van der Waals surface area contributed by atoms with Gasteiger partial charge in [-0.05, 0) is 52.9 Å². The average Bonchev–Trinajstić information content (AvgIpc) is 3.07. The molecule has 0 radical (unpaired) electrons. The molecule has 0 bridgehead atoms. The lowest BCUT2D eigenvalue weighted by Gasteiger charge is -2.36. The highest BCUT2D eigenvalue weighted by Crippen LogP contribution is 2.34. The largest absolute Gasteiger partial charge is 0.368 e. The van der Waals surface area contributed by atoms with Crippen LogP contribution in [0.5, 0.6) is 0 Å². The molecule has 1 aliphatic carbocycles. The van der Waals surface area contributed by atoms with E-state index >= 15 is 0 Å². The lowest BCUT2D eigenvalue weighted by Crippen LogP contribution is -2.47. The standard InChI is InChI=1S/C19H27N5/c1-14-15(2)22-18(16-9-5-8-12-20-16)23-17(14)21-13-19(24(3)4)10-6-7-11-19/h5,8-9,12H,6-7,10-11,13H2,1-4H3,(H,21,22,23). The molecule has 2 aromatic rings. The van der Waals surface area contributed by atoms with Gasteiger partial charge in [0.15, 0.2) is 5.82 Å². The molecule has 128 valence electrons. The quantitative estimate of drug-likeness (QED) is 0.912. The fourth-order valence-electron chi connectivity index (χ4n) is 3.47. The van der Waals surface area contributed by atoms with Crippen molar-refractivity contribution in [2.75, 3.05) is 26.0 Å². The maximum absolute atomic E-state index is 4.75. The van der Waals surface area contributed by atoms with Gasteiger partial charge in [-0.3, -0.25) is 4.98 Å². The van der Waals surface area contributed by atoms with Gasteiger partial charge in [0.2, 0.25) is 0 Å². The van der Waals surface area contributed by atoms with Crippen LogP contribution in [0.1, 0.15) is 36.9 Å². The number of aromatic nitrogens is 3. The minimum atomic E-state index is 0.233. The second-order valence-electron chi connectivity index (χ2n) is 7.00. The first-order chi connectivity index (χ1) is 11.5. The normalized spacial score (nSPS) is 16.5. The molecule has 0 amide bonds. The summed E-state index contributed by atoms with van der Waals surface area (Å²) in [7, 11) is 4.37. The zero-order valence-corrected chi connectivity index (χ0v) is 15.1. The summed E-state index contributed by atoms with van der Waals surface area (Å²) >= 11 is 0. The van der Waals surface area contributed by atoms with Gasteiger partial charge >= 0.3 is 0 Å². The highest BCUT2D eigenvalue weighted by molar-refractivity contribution is 5.56. The number of hydrogen-bond donors (Lipinski definition) is 1. The average molecular weight is 325 g/mol. The van der Waals surface area contributed by atoms with Crippen LogP contribution in [0, 0.1) is 13.8 Å². The summed E-state index contributed by atoms with van der Waals surface area (Å²) in [5, 5.41) is 3.61. The molecule has 2 aromatic heterocycles. The van der Waals surface area contributed by atoms with E-state index in [1.54, 1.807) is 6.20 Å². The fourth-order valence-corrected chi connectivity index (χ4v) is 3.47. The maximum Gasteiger partial charge on any atom is 0.180 e. The molecule has 5 nitrogen and oxygen atoms in total. The van der Waals surface area contributed by atoms with E-state index in [9.17, 15) is 0 Å². The van der Waals surface area contributed by atoms with E-state index < -0.39 is 0 Å². The van der Waals surface area contributed by atoms with E-state index in [1.165, 1.54) is 25.7 Å². The number of hydrogen-bond acceptors (Lipinski definition) is 5. The Bertz CT molecular complexity index is 690.